The van der Waals surface area contributed by atoms with Crippen LogP contribution >= 0.6 is 12.4 Å². The van der Waals surface area contributed by atoms with Crippen LogP contribution in [0.2, 0.25) is 0 Å². The monoisotopic (exact) mass is 274 g/mol. The van der Waals surface area contributed by atoms with Crippen molar-refractivity contribution in [2.24, 2.45) is 10.7 Å². The Kier molecular flexibility index (Phi) is 5.13. The maximum atomic E-state index is 6.05. The smallest absolute Gasteiger partial charge is 0.131 e. The van der Waals surface area contributed by atoms with E-state index in [4.69, 9.17) is 5.73 Å². The van der Waals surface area contributed by atoms with Crippen molar-refractivity contribution in [3.63, 3.8) is 0 Å². The van der Waals surface area contributed by atoms with Crippen LogP contribution in [0.4, 0.5) is 5.69 Å². The summed E-state index contributed by atoms with van der Waals surface area (Å²) in [7, 11) is 0. The van der Waals surface area contributed by atoms with Crippen LogP contribution in [-0.2, 0) is 0 Å². The number of halogens is 1. The molecule has 2 aromatic rings. The Labute approximate surface area is 120 Å². The Balaban J connectivity index is 0.00000180. The van der Waals surface area contributed by atoms with E-state index in [2.05, 4.69) is 37.9 Å². The zero-order chi connectivity index (χ0) is 13.1. The molecule has 0 amide bonds. The highest BCUT2D eigenvalue weighted by Crippen LogP contribution is 2.25. The number of nitrogens with zero attached hydrogens (tertiary/aromatic N) is 1. The standard InChI is InChI=1S/C16H18N2.ClH/c1-11-9-12(2)15(13(3)10-11)18-16(17)14-7-5-4-6-8-14;/h4-10H,1-3H3,(H2,17,18);1H. The number of nitrogens with two attached hydrogens (primary N) is 1. The van der Waals surface area contributed by atoms with E-state index in [-0.39, 0.29) is 12.4 Å². The van der Waals surface area contributed by atoms with E-state index in [0.717, 1.165) is 22.4 Å². The van der Waals surface area contributed by atoms with E-state index in [9.17, 15) is 0 Å². The lowest BCUT2D eigenvalue weighted by Gasteiger charge is -2.08. The van der Waals surface area contributed by atoms with Crippen molar-refractivity contribution in [2.75, 3.05) is 0 Å². The third-order valence-electron chi connectivity index (χ3n) is 2.94. The summed E-state index contributed by atoms with van der Waals surface area (Å²) in [6.45, 7) is 6.22. The van der Waals surface area contributed by atoms with Gasteiger partial charge in [-0.15, -0.1) is 12.4 Å². The molecule has 0 atom stereocenters. The first-order chi connectivity index (χ1) is 8.58. The minimum Gasteiger partial charge on any atom is -0.383 e. The van der Waals surface area contributed by atoms with Crippen LogP contribution in [0.1, 0.15) is 22.3 Å². The number of amidine groups is 1. The molecular weight excluding hydrogens is 256 g/mol. The lowest BCUT2D eigenvalue weighted by atomic mass is 10.1. The molecule has 3 heteroatoms. The first kappa shape index (κ1) is 15.3. The van der Waals surface area contributed by atoms with E-state index in [1.54, 1.807) is 0 Å². The lowest BCUT2D eigenvalue weighted by Crippen LogP contribution is -2.12. The van der Waals surface area contributed by atoms with Crippen molar-refractivity contribution in [1.29, 1.82) is 0 Å². The molecule has 0 aliphatic heterocycles. The van der Waals surface area contributed by atoms with Gasteiger partial charge in [-0.25, -0.2) is 4.99 Å². The Hall–Kier alpha value is -1.80. The molecule has 2 rings (SSSR count). The Morgan fingerprint density at radius 1 is 0.947 bits per heavy atom. The molecular formula is C16H19ClN2. The molecule has 0 spiro atoms. The molecule has 0 fully saturated rings. The summed E-state index contributed by atoms with van der Waals surface area (Å²) in [4.78, 5) is 4.56. The van der Waals surface area contributed by atoms with Crippen LogP contribution in [0.15, 0.2) is 47.5 Å². The second-order valence-electron chi connectivity index (χ2n) is 4.61. The van der Waals surface area contributed by atoms with Gasteiger partial charge in [0.15, 0.2) is 0 Å². The Morgan fingerprint density at radius 3 is 2.00 bits per heavy atom. The summed E-state index contributed by atoms with van der Waals surface area (Å²) in [6.07, 6.45) is 0. The number of rotatable bonds is 2. The van der Waals surface area contributed by atoms with Crippen molar-refractivity contribution in [3.05, 3.63) is 64.7 Å². The summed E-state index contributed by atoms with van der Waals surface area (Å²) in [6, 6.07) is 14.1. The topological polar surface area (TPSA) is 38.4 Å². The third kappa shape index (κ3) is 3.58. The van der Waals surface area contributed by atoms with Gasteiger partial charge in [0.1, 0.15) is 5.84 Å². The fourth-order valence-corrected chi connectivity index (χ4v) is 2.14. The summed E-state index contributed by atoms with van der Waals surface area (Å²) in [5.74, 6) is 0.561. The second-order valence-corrected chi connectivity index (χ2v) is 4.61. The molecule has 0 saturated carbocycles. The van der Waals surface area contributed by atoms with Crippen LogP contribution in [0.25, 0.3) is 0 Å². The van der Waals surface area contributed by atoms with Crippen LogP contribution in [0.3, 0.4) is 0 Å². The molecule has 0 saturated heterocycles. The molecule has 19 heavy (non-hydrogen) atoms. The highest BCUT2D eigenvalue weighted by molar-refractivity contribution is 5.99. The van der Waals surface area contributed by atoms with Gasteiger partial charge in [0.25, 0.3) is 0 Å². The SMILES string of the molecule is Cc1cc(C)c(N=C(N)c2ccccc2)c(C)c1.Cl. The molecule has 100 valence electrons. The van der Waals surface area contributed by atoms with Gasteiger partial charge in [-0.3, -0.25) is 0 Å². The molecule has 2 nitrogen and oxygen atoms in total. The van der Waals surface area contributed by atoms with Gasteiger partial charge in [0.05, 0.1) is 5.69 Å². The molecule has 0 aliphatic carbocycles. The average molecular weight is 275 g/mol. The van der Waals surface area contributed by atoms with Gasteiger partial charge < -0.3 is 5.73 Å². The maximum absolute atomic E-state index is 6.05. The summed E-state index contributed by atoms with van der Waals surface area (Å²) in [5.41, 5.74) is 11.6. The zero-order valence-electron chi connectivity index (χ0n) is 11.5. The minimum absolute atomic E-state index is 0. The number of aryl methyl sites for hydroxylation is 3. The van der Waals surface area contributed by atoms with Crippen molar-refractivity contribution in [3.8, 4) is 0 Å². The van der Waals surface area contributed by atoms with Crippen LogP contribution in [0.5, 0.6) is 0 Å². The number of benzene rings is 2. The van der Waals surface area contributed by atoms with Gasteiger partial charge in [-0.2, -0.15) is 0 Å². The largest absolute Gasteiger partial charge is 0.383 e. The predicted molar refractivity (Wildman–Crippen MR) is 84.7 cm³/mol. The van der Waals surface area contributed by atoms with Crippen molar-refractivity contribution >= 4 is 23.9 Å². The first-order valence-corrected chi connectivity index (χ1v) is 6.05. The Bertz CT molecular complexity index is 566. The summed E-state index contributed by atoms with van der Waals surface area (Å²) in [5, 5.41) is 0. The highest BCUT2D eigenvalue weighted by Gasteiger charge is 2.04. The second kappa shape index (κ2) is 6.39. The van der Waals surface area contributed by atoms with Gasteiger partial charge in [-0.1, -0.05) is 48.0 Å². The normalized spacial score (nSPS) is 11.0. The quantitative estimate of drug-likeness (QED) is 0.651. The Morgan fingerprint density at radius 2 is 1.47 bits per heavy atom. The fourth-order valence-electron chi connectivity index (χ4n) is 2.14. The molecule has 0 heterocycles. The summed E-state index contributed by atoms with van der Waals surface area (Å²) >= 11 is 0. The van der Waals surface area contributed by atoms with Crippen molar-refractivity contribution in [1.82, 2.24) is 0 Å². The van der Waals surface area contributed by atoms with E-state index < -0.39 is 0 Å². The number of hydrogen-bond donors (Lipinski definition) is 1. The van der Waals surface area contributed by atoms with E-state index >= 15 is 0 Å². The molecule has 0 bridgehead atoms. The first-order valence-electron chi connectivity index (χ1n) is 6.05. The maximum Gasteiger partial charge on any atom is 0.131 e. The van der Waals surface area contributed by atoms with E-state index in [1.165, 1.54) is 5.56 Å². The lowest BCUT2D eigenvalue weighted by molar-refractivity contribution is 1.28. The molecule has 0 aromatic heterocycles. The van der Waals surface area contributed by atoms with Crippen LogP contribution in [0, 0.1) is 20.8 Å². The zero-order valence-corrected chi connectivity index (χ0v) is 12.3. The number of hydrogen-bond acceptors (Lipinski definition) is 1. The van der Waals surface area contributed by atoms with Crippen molar-refractivity contribution < 1.29 is 0 Å². The number of aliphatic imine (C=N–C) groups is 1. The third-order valence-corrected chi connectivity index (χ3v) is 2.94. The van der Waals surface area contributed by atoms with Crippen LogP contribution in [-0.4, -0.2) is 5.84 Å². The van der Waals surface area contributed by atoms with Crippen molar-refractivity contribution in [2.45, 2.75) is 20.8 Å². The molecule has 2 aromatic carbocycles. The predicted octanol–water partition coefficient (Wildman–Crippen LogP) is 4.07. The molecule has 0 unspecified atom stereocenters. The van der Waals surface area contributed by atoms with Gasteiger partial charge >= 0.3 is 0 Å². The van der Waals surface area contributed by atoms with Gasteiger partial charge in [0, 0.05) is 5.56 Å². The van der Waals surface area contributed by atoms with Gasteiger partial charge in [-0.05, 0) is 31.9 Å². The van der Waals surface area contributed by atoms with Crippen LogP contribution < -0.4 is 5.73 Å². The van der Waals surface area contributed by atoms with Gasteiger partial charge in [0.2, 0.25) is 0 Å². The highest BCUT2D eigenvalue weighted by atomic mass is 35.5. The molecule has 0 radical (unpaired) electrons. The summed E-state index contributed by atoms with van der Waals surface area (Å²) < 4.78 is 0. The minimum atomic E-state index is 0. The molecule has 2 N–H and O–H groups in total. The van der Waals surface area contributed by atoms with E-state index in [1.807, 2.05) is 30.3 Å². The average Bonchev–Trinajstić information content (AvgIpc) is 2.34. The van der Waals surface area contributed by atoms with E-state index in [0.29, 0.717) is 5.84 Å². The fraction of sp³-hybridized carbons (Fsp3) is 0.188. The molecule has 0 aliphatic rings.